The van der Waals surface area contributed by atoms with E-state index in [-0.39, 0.29) is 0 Å². The number of hydrogen-bond donors (Lipinski definition) is 0. The fraction of sp³-hybridized carbons (Fsp3) is 0.353. The van der Waals surface area contributed by atoms with E-state index in [0.717, 1.165) is 18.6 Å². The van der Waals surface area contributed by atoms with Crippen LogP contribution in [0.5, 0.6) is 0 Å². The standard InChI is InChI=1S/C17H21F3N2OS/c1-6-15(9-8-13(3)17(18,19)20)14(4)24(5,23)22-16-10-7-12(2)11-21-16/h6-11,14H,1H2,2-5H3/b13-8+,15-9+. The third-order valence-electron chi connectivity index (χ3n) is 3.50. The largest absolute Gasteiger partial charge is 0.412 e. The van der Waals surface area contributed by atoms with Gasteiger partial charge in [0.2, 0.25) is 0 Å². The third-order valence-corrected chi connectivity index (χ3v) is 5.64. The van der Waals surface area contributed by atoms with Crippen molar-refractivity contribution in [2.75, 3.05) is 6.26 Å². The van der Waals surface area contributed by atoms with Crippen LogP contribution < -0.4 is 0 Å². The summed E-state index contributed by atoms with van der Waals surface area (Å²) >= 11 is 0. The number of halogens is 3. The van der Waals surface area contributed by atoms with Crippen LogP contribution in [0.1, 0.15) is 19.4 Å². The Kier molecular flexibility index (Phi) is 6.54. The van der Waals surface area contributed by atoms with E-state index >= 15 is 0 Å². The van der Waals surface area contributed by atoms with Crippen LogP contribution in [0.4, 0.5) is 19.0 Å². The summed E-state index contributed by atoms with van der Waals surface area (Å²) in [7, 11) is -2.76. The smallest absolute Gasteiger partial charge is 0.249 e. The quantitative estimate of drug-likeness (QED) is 0.685. The maximum absolute atomic E-state index is 12.8. The van der Waals surface area contributed by atoms with Crippen molar-refractivity contribution in [3.8, 4) is 0 Å². The van der Waals surface area contributed by atoms with Gasteiger partial charge in [-0.15, -0.1) is 0 Å². The Labute approximate surface area is 141 Å². The van der Waals surface area contributed by atoms with Crippen molar-refractivity contribution >= 4 is 15.5 Å². The van der Waals surface area contributed by atoms with E-state index in [1.54, 1.807) is 25.3 Å². The highest BCUT2D eigenvalue weighted by Crippen LogP contribution is 2.26. The van der Waals surface area contributed by atoms with Crippen LogP contribution in [0.2, 0.25) is 0 Å². The first-order valence-corrected chi connectivity index (χ1v) is 9.17. The number of aromatic nitrogens is 1. The predicted molar refractivity (Wildman–Crippen MR) is 92.7 cm³/mol. The highest BCUT2D eigenvalue weighted by Gasteiger charge is 2.29. The summed E-state index contributed by atoms with van der Waals surface area (Å²) in [4.78, 5) is 4.09. The van der Waals surface area contributed by atoms with E-state index < -0.39 is 26.7 Å². The highest BCUT2D eigenvalue weighted by molar-refractivity contribution is 7.93. The molecular weight excluding hydrogens is 337 g/mol. The fourth-order valence-corrected chi connectivity index (χ4v) is 3.03. The lowest BCUT2D eigenvalue weighted by Gasteiger charge is -2.15. The molecule has 0 N–H and O–H groups in total. The van der Waals surface area contributed by atoms with E-state index in [0.29, 0.717) is 11.4 Å². The molecule has 1 heterocycles. The van der Waals surface area contributed by atoms with Crippen LogP contribution in [-0.2, 0) is 9.73 Å². The van der Waals surface area contributed by atoms with Crippen molar-refractivity contribution in [1.82, 2.24) is 4.98 Å². The van der Waals surface area contributed by atoms with Crippen molar-refractivity contribution in [1.29, 1.82) is 0 Å². The molecule has 0 saturated heterocycles. The Morgan fingerprint density at radius 3 is 2.46 bits per heavy atom. The van der Waals surface area contributed by atoms with Crippen molar-refractivity contribution < 1.29 is 17.4 Å². The molecule has 0 amide bonds. The first-order chi connectivity index (χ1) is 11.0. The molecule has 0 fully saturated rings. The summed E-state index contributed by atoms with van der Waals surface area (Å²) in [5.74, 6) is 0.324. The van der Waals surface area contributed by atoms with Gasteiger partial charge in [-0.2, -0.15) is 17.5 Å². The van der Waals surface area contributed by atoms with E-state index in [1.165, 1.54) is 18.4 Å². The molecule has 1 aromatic rings. The Morgan fingerprint density at radius 1 is 1.38 bits per heavy atom. The normalized spacial score (nSPS) is 17.1. The second-order valence-corrected chi connectivity index (χ2v) is 8.12. The number of hydrogen-bond acceptors (Lipinski definition) is 3. The molecule has 0 aliphatic heterocycles. The topological polar surface area (TPSA) is 42.3 Å². The summed E-state index contributed by atoms with van der Waals surface area (Å²) < 4.78 is 54.7. The molecule has 0 saturated carbocycles. The Balaban J connectivity index is 3.20. The second kappa shape index (κ2) is 7.79. The van der Waals surface area contributed by atoms with Crippen LogP contribution in [0.15, 0.2) is 58.6 Å². The zero-order valence-electron chi connectivity index (χ0n) is 14.1. The van der Waals surface area contributed by atoms with Gasteiger partial charge < -0.3 is 0 Å². The Hall–Kier alpha value is -1.89. The molecule has 0 bridgehead atoms. The Morgan fingerprint density at radius 2 is 2.00 bits per heavy atom. The lowest BCUT2D eigenvalue weighted by atomic mass is 10.1. The summed E-state index contributed by atoms with van der Waals surface area (Å²) in [5.41, 5.74) is 0.625. The monoisotopic (exact) mass is 358 g/mol. The molecule has 0 aliphatic rings. The van der Waals surface area contributed by atoms with Gasteiger partial charge in [0.15, 0.2) is 5.82 Å². The van der Waals surface area contributed by atoms with Crippen molar-refractivity contribution in [3.05, 3.63) is 59.8 Å². The minimum absolute atomic E-state index is 0.324. The maximum atomic E-state index is 12.8. The lowest BCUT2D eigenvalue weighted by Crippen LogP contribution is -2.17. The van der Waals surface area contributed by atoms with Gasteiger partial charge >= 0.3 is 6.18 Å². The number of alkyl halides is 3. The van der Waals surface area contributed by atoms with E-state index in [9.17, 15) is 17.4 Å². The summed E-state index contributed by atoms with van der Waals surface area (Å²) in [6.07, 6.45) is 2.30. The van der Waals surface area contributed by atoms with E-state index in [2.05, 4.69) is 15.9 Å². The lowest BCUT2D eigenvalue weighted by molar-refractivity contribution is -0.0913. The molecule has 3 nitrogen and oxygen atoms in total. The van der Waals surface area contributed by atoms with Crippen molar-refractivity contribution in [2.24, 2.45) is 4.36 Å². The minimum Gasteiger partial charge on any atom is -0.249 e. The van der Waals surface area contributed by atoms with Crippen molar-refractivity contribution in [3.63, 3.8) is 0 Å². The van der Waals surface area contributed by atoms with E-state index in [1.807, 2.05) is 6.92 Å². The van der Waals surface area contributed by atoms with Crippen LogP contribution >= 0.6 is 0 Å². The summed E-state index contributed by atoms with van der Waals surface area (Å²) in [5, 5.41) is -0.601. The molecule has 132 valence electrons. The van der Waals surface area contributed by atoms with Crippen LogP contribution in [-0.4, -0.2) is 26.9 Å². The number of rotatable bonds is 5. The van der Waals surface area contributed by atoms with Gasteiger partial charge in [-0.05, 0) is 38.0 Å². The fourth-order valence-electron chi connectivity index (χ4n) is 1.72. The van der Waals surface area contributed by atoms with Gasteiger partial charge in [0.1, 0.15) is 0 Å². The predicted octanol–water partition coefficient (Wildman–Crippen LogP) is 5.13. The van der Waals surface area contributed by atoms with Crippen molar-refractivity contribution in [2.45, 2.75) is 32.2 Å². The minimum atomic E-state index is -4.39. The molecule has 24 heavy (non-hydrogen) atoms. The number of pyridine rings is 1. The van der Waals surface area contributed by atoms with Crippen LogP contribution in [0.3, 0.4) is 0 Å². The first-order valence-electron chi connectivity index (χ1n) is 7.19. The van der Waals surface area contributed by atoms with Gasteiger partial charge in [0.05, 0.1) is 15.0 Å². The average molecular weight is 358 g/mol. The Bertz CT molecular complexity index is 768. The maximum Gasteiger partial charge on any atom is 0.412 e. The summed E-state index contributed by atoms with van der Waals surface area (Å²) in [6, 6.07) is 3.45. The van der Waals surface area contributed by atoms with Gasteiger partial charge in [0.25, 0.3) is 0 Å². The molecule has 2 atom stereocenters. The number of allylic oxidation sites excluding steroid dienone is 4. The first kappa shape index (κ1) is 20.2. The third kappa shape index (κ3) is 5.63. The summed E-state index contributed by atoms with van der Waals surface area (Å²) in [6.45, 7) is 8.09. The van der Waals surface area contributed by atoms with E-state index in [4.69, 9.17) is 0 Å². The molecule has 0 aliphatic carbocycles. The zero-order chi connectivity index (χ0) is 18.5. The second-order valence-electron chi connectivity index (χ2n) is 5.51. The number of aryl methyl sites for hydroxylation is 1. The average Bonchev–Trinajstić information content (AvgIpc) is 2.48. The molecule has 1 aromatic heterocycles. The van der Waals surface area contributed by atoms with Gasteiger partial charge in [-0.25, -0.2) is 9.19 Å². The van der Waals surface area contributed by atoms with Crippen LogP contribution in [0.25, 0.3) is 0 Å². The molecule has 2 unspecified atom stereocenters. The van der Waals surface area contributed by atoms with Gasteiger partial charge in [0, 0.05) is 18.0 Å². The molecule has 7 heteroatoms. The van der Waals surface area contributed by atoms with Gasteiger partial charge in [-0.1, -0.05) is 30.9 Å². The van der Waals surface area contributed by atoms with Crippen LogP contribution in [0, 0.1) is 6.92 Å². The molecule has 0 radical (unpaired) electrons. The molecular formula is C17H21F3N2OS. The number of nitrogens with zero attached hydrogens (tertiary/aromatic N) is 2. The highest BCUT2D eigenvalue weighted by atomic mass is 32.2. The van der Waals surface area contributed by atoms with Gasteiger partial charge in [-0.3, -0.25) is 0 Å². The molecule has 1 rings (SSSR count). The SMILES string of the molecule is C=C/C(=C\C=C(/C)C(F)(F)F)C(C)S(C)(=O)=Nc1ccc(C)cn1. The zero-order valence-corrected chi connectivity index (χ0v) is 14.9. The molecule has 0 aromatic carbocycles. The molecule has 0 spiro atoms.